The number of fused-ring (bicyclic) bond motifs is 1. The predicted molar refractivity (Wildman–Crippen MR) is 91.6 cm³/mol. The van der Waals surface area contributed by atoms with E-state index in [1.807, 2.05) is 0 Å². The highest BCUT2D eigenvalue weighted by Gasteiger charge is 2.23. The molecular formula is C19H16F2N2O2. The van der Waals surface area contributed by atoms with Crippen molar-refractivity contribution in [2.24, 2.45) is 5.73 Å². The Labute approximate surface area is 142 Å². The number of pyridine rings is 1. The number of nitrogens with two attached hydrogens (primary N) is 1. The summed E-state index contributed by atoms with van der Waals surface area (Å²) in [5, 5.41) is 0.614. The first-order chi connectivity index (χ1) is 11.9. The highest BCUT2D eigenvalue weighted by Crippen LogP contribution is 2.25. The molecule has 0 spiro atoms. The zero-order valence-electron chi connectivity index (χ0n) is 13.5. The largest absolute Gasteiger partial charge is 0.329 e. The third kappa shape index (κ3) is 2.96. The monoisotopic (exact) mass is 342 g/mol. The van der Waals surface area contributed by atoms with Crippen molar-refractivity contribution in [3.8, 4) is 0 Å². The Morgan fingerprint density at radius 2 is 1.84 bits per heavy atom. The van der Waals surface area contributed by atoms with Crippen LogP contribution < -0.4 is 11.3 Å². The Morgan fingerprint density at radius 3 is 2.48 bits per heavy atom. The quantitative estimate of drug-likeness (QED) is 0.713. The zero-order valence-corrected chi connectivity index (χ0v) is 13.5. The van der Waals surface area contributed by atoms with Crippen LogP contribution in [0.1, 0.15) is 40.9 Å². The standard InChI is InChI=1S/C19H16F2N2O2/c1-2-16(22)10-8-14(20)17(15(21)9-10)18(24)12-4-3-5-13-11(12)6-7-23-19(13)25/h3-9,16H,2,22H2,1H3,(H,23,25)/t16-/m1/s1. The number of carbonyl (C=O) groups is 1. The topological polar surface area (TPSA) is 76.0 Å². The summed E-state index contributed by atoms with van der Waals surface area (Å²) < 4.78 is 28.9. The van der Waals surface area contributed by atoms with Gasteiger partial charge in [0.1, 0.15) is 11.6 Å². The van der Waals surface area contributed by atoms with Gasteiger partial charge in [-0.15, -0.1) is 0 Å². The average Bonchev–Trinajstić information content (AvgIpc) is 2.60. The molecule has 3 N–H and O–H groups in total. The molecule has 0 aliphatic carbocycles. The fourth-order valence-electron chi connectivity index (χ4n) is 2.81. The maximum atomic E-state index is 14.4. The van der Waals surface area contributed by atoms with E-state index in [2.05, 4.69) is 4.98 Å². The summed E-state index contributed by atoms with van der Waals surface area (Å²) in [6.07, 6.45) is 1.90. The van der Waals surface area contributed by atoms with Crippen LogP contribution in [0.2, 0.25) is 0 Å². The van der Waals surface area contributed by atoms with Crippen LogP contribution in [0.15, 0.2) is 47.4 Å². The average molecular weight is 342 g/mol. The molecule has 25 heavy (non-hydrogen) atoms. The van der Waals surface area contributed by atoms with Crippen molar-refractivity contribution in [1.29, 1.82) is 0 Å². The number of rotatable bonds is 4. The van der Waals surface area contributed by atoms with Crippen molar-refractivity contribution < 1.29 is 13.6 Å². The number of ketones is 1. The third-order valence-corrected chi connectivity index (χ3v) is 4.22. The second-order valence-corrected chi connectivity index (χ2v) is 5.78. The van der Waals surface area contributed by atoms with E-state index in [1.54, 1.807) is 13.0 Å². The highest BCUT2D eigenvalue weighted by molar-refractivity contribution is 6.16. The first kappa shape index (κ1) is 17.0. The van der Waals surface area contributed by atoms with Gasteiger partial charge in [-0.25, -0.2) is 8.78 Å². The van der Waals surface area contributed by atoms with E-state index in [0.29, 0.717) is 17.4 Å². The van der Waals surface area contributed by atoms with E-state index in [0.717, 1.165) is 12.1 Å². The molecule has 6 heteroatoms. The van der Waals surface area contributed by atoms with Gasteiger partial charge in [-0.05, 0) is 41.6 Å². The maximum Gasteiger partial charge on any atom is 0.255 e. The van der Waals surface area contributed by atoms with Gasteiger partial charge in [0.2, 0.25) is 0 Å². The Hall–Kier alpha value is -2.86. The normalized spacial score (nSPS) is 12.3. The van der Waals surface area contributed by atoms with Crippen LogP contribution >= 0.6 is 0 Å². The van der Waals surface area contributed by atoms with Crippen LogP contribution in [0.4, 0.5) is 8.78 Å². The van der Waals surface area contributed by atoms with E-state index >= 15 is 0 Å². The van der Waals surface area contributed by atoms with Crippen molar-refractivity contribution >= 4 is 16.6 Å². The number of halogens is 2. The lowest BCUT2D eigenvalue weighted by molar-refractivity contribution is 0.103. The van der Waals surface area contributed by atoms with Gasteiger partial charge < -0.3 is 10.7 Å². The molecule has 0 radical (unpaired) electrons. The summed E-state index contributed by atoms with van der Waals surface area (Å²) in [5.74, 6) is -2.75. The summed E-state index contributed by atoms with van der Waals surface area (Å²) in [6, 6.07) is 7.67. The van der Waals surface area contributed by atoms with Gasteiger partial charge in [0.15, 0.2) is 5.78 Å². The molecule has 0 unspecified atom stereocenters. The fourth-order valence-corrected chi connectivity index (χ4v) is 2.81. The molecule has 1 atom stereocenters. The predicted octanol–water partition coefficient (Wildman–Crippen LogP) is 3.45. The molecule has 3 rings (SSSR count). The summed E-state index contributed by atoms with van der Waals surface area (Å²) in [5.41, 5.74) is 5.13. The van der Waals surface area contributed by atoms with Crippen LogP contribution in [0, 0.1) is 11.6 Å². The Balaban J connectivity index is 2.17. The van der Waals surface area contributed by atoms with Gasteiger partial charge in [0.25, 0.3) is 5.56 Å². The van der Waals surface area contributed by atoms with Crippen molar-refractivity contribution in [2.45, 2.75) is 19.4 Å². The fraction of sp³-hybridized carbons (Fsp3) is 0.158. The van der Waals surface area contributed by atoms with E-state index < -0.39 is 29.0 Å². The number of benzene rings is 2. The van der Waals surface area contributed by atoms with Crippen LogP contribution in [0.5, 0.6) is 0 Å². The molecule has 0 aliphatic heterocycles. The van der Waals surface area contributed by atoms with Gasteiger partial charge in [-0.3, -0.25) is 9.59 Å². The van der Waals surface area contributed by atoms with Crippen LogP contribution in [-0.2, 0) is 0 Å². The smallest absolute Gasteiger partial charge is 0.255 e. The molecule has 3 aromatic rings. The number of nitrogens with one attached hydrogen (secondary N) is 1. The van der Waals surface area contributed by atoms with Crippen molar-refractivity contribution in [1.82, 2.24) is 4.98 Å². The van der Waals surface area contributed by atoms with Crippen molar-refractivity contribution in [3.05, 3.63) is 81.3 Å². The molecule has 1 aromatic heterocycles. The summed E-state index contributed by atoms with van der Waals surface area (Å²) in [6.45, 7) is 1.80. The molecule has 4 nitrogen and oxygen atoms in total. The summed E-state index contributed by atoms with van der Waals surface area (Å²) in [4.78, 5) is 27.1. The Bertz CT molecular complexity index is 1000. The zero-order chi connectivity index (χ0) is 18.1. The Morgan fingerprint density at radius 1 is 1.16 bits per heavy atom. The van der Waals surface area contributed by atoms with E-state index in [4.69, 9.17) is 5.73 Å². The second-order valence-electron chi connectivity index (χ2n) is 5.78. The number of hydrogen-bond donors (Lipinski definition) is 2. The summed E-state index contributed by atoms with van der Waals surface area (Å²) >= 11 is 0. The molecule has 0 saturated carbocycles. The minimum Gasteiger partial charge on any atom is -0.329 e. The minimum atomic E-state index is -0.967. The van der Waals surface area contributed by atoms with Gasteiger partial charge in [-0.2, -0.15) is 0 Å². The third-order valence-electron chi connectivity index (χ3n) is 4.22. The molecule has 0 amide bonds. The van der Waals surface area contributed by atoms with E-state index in [1.165, 1.54) is 24.4 Å². The minimum absolute atomic E-state index is 0.0638. The molecule has 0 saturated heterocycles. The maximum absolute atomic E-state index is 14.4. The van der Waals surface area contributed by atoms with Crippen LogP contribution in [-0.4, -0.2) is 10.8 Å². The lowest BCUT2D eigenvalue weighted by atomic mass is 9.95. The molecule has 2 aromatic carbocycles. The number of carbonyl (C=O) groups excluding carboxylic acids is 1. The number of aromatic nitrogens is 1. The highest BCUT2D eigenvalue weighted by atomic mass is 19.1. The first-order valence-corrected chi connectivity index (χ1v) is 7.83. The van der Waals surface area contributed by atoms with E-state index in [9.17, 15) is 18.4 Å². The first-order valence-electron chi connectivity index (χ1n) is 7.83. The molecule has 0 bridgehead atoms. The van der Waals surface area contributed by atoms with Crippen LogP contribution in [0.3, 0.4) is 0 Å². The van der Waals surface area contributed by atoms with Gasteiger partial charge >= 0.3 is 0 Å². The van der Waals surface area contributed by atoms with E-state index in [-0.39, 0.29) is 16.5 Å². The SMILES string of the molecule is CC[C@@H](N)c1cc(F)c(C(=O)c2cccc3c(=O)[nH]ccc23)c(F)c1. The molecule has 128 valence electrons. The number of aromatic amines is 1. The lowest BCUT2D eigenvalue weighted by Gasteiger charge is -2.12. The van der Waals surface area contributed by atoms with Gasteiger partial charge in [-0.1, -0.05) is 19.1 Å². The lowest BCUT2D eigenvalue weighted by Crippen LogP contribution is -2.14. The Kier molecular flexibility index (Phi) is 4.46. The molecular weight excluding hydrogens is 326 g/mol. The number of hydrogen-bond acceptors (Lipinski definition) is 3. The molecule has 0 fully saturated rings. The van der Waals surface area contributed by atoms with Gasteiger partial charge in [0, 0.05) is 23.2 Å². The molecule has 1 heterocycles. The van der Waals surface area contributed by atoms with Gasteiger partial charge in [0.05, 0.1) is 5.56 Å². The second kappa shape index (κ2) is 6.57. The van der Waals surface area contributed by atoms with Crippen molar-refractivity contribution in [2.75, 3.05) is 0 Å². The van der Waals surface area contributed by atoms with Crippen molar-refractivity contribution in [3.63, 3.8) is 0 Å². The number of H-pyrrole nitrogens is 1. The summed E-state index contributed by atoms with van der Waals surface area (Å²) in [7, 11) is 0. The van der Waals surface area contributed by atoms with Crippen LogP contribution in [0.25, 0.3) is 10.8 Å². The molecule has 0 aliphatic rings.